The molecule has 1 N–H and O–H groups in total. The molecule has 5 atom stereocenters. The molecule has 1 unspecified atom stereocenters. The third-order valence-corrected chi connectivity index (χ3v) is 28.6. The molecular weight excluding hydrogens is 569 g/mol. The molecule has 1 saturated heterocycles. The predicted molar refractivity (Wildman–Crippen MR) is 180 cm³/mol. The van der Waals surface area contributed by atoms with Crippen molar-refractivity contribution in [3.05, 3.63) is 0 Å². The lowest BCUT2D eigenvalue weighted by atomic mass is 9.99. The molecule has 6 nitrogen and oxygen atoms in total. The highest BCUT2D eigenvalue weighted by Gasteiger charge is 2.57. The minimum atomic E-state index is -2.30. The van der Waals surface area contributed by atoms with E-state index in [0.717, 1.165) is 0 Å². The van der Waals surface area contributed by atoms with Crippen LogP contribution < -0.4 is 0 Å². The lowest BCUT2D eigenvalue weighted by Crippen LogP contribution is -2.69. The van der Waals surface area contributed by atoms with Gasteiger partial charge in [0.2, 0.25) is 0 Å². The van der Waals surface area contributed by atoms with E-state index in [1.165, 1.54) is 0 Å². The van der Waals surface area contributed by atoms with Gasteiger partial charge in [-0.1, -0.05) is 83.1 Å². The lowest BCUT2D eigenvalue weighted by Gasteiger charge is -2.55. The number of ether oxygens (including phenoxy) is 1. The van der Waals surface area contributed by atoms with Crippen molar-refractivity contribution in [2.45, 2.75) is 186 Å². The van der Waals surface area contributed by atoms with E-state index in [1.807, 2.05) is 0 Å². The number of rotatable bonds is 9. The van der Waals surface area contributed by atoms with Gasteiger partial charge in [-0.2, -0.15) is 0 Å². The Labute approximate surface area is 253 Å². The van der Waals surface area contributed by atoms with Crippen molar-refractivity contribution in [3.63, 3.8) is 0 Å². The lowest BCUT2D eigenvalue weighted by molar-refractivity contribution is -0.271. The van der Waals surface area contributed by atoms with Gasteiger partial charge in [0.25, 0.3) is 0 Å². The van der Waals surface area contributed by atoms with E-state index in [9.17, 15) is 5.11 Å². The van der Waals surface area contributed by atoms with Gasteiger partial charge in [-0.05, 0) is 72.5 Å². The quantitative estimate of drug-likeness (QED) is 0.255. The summed E-state index contributed by atoms with van der Waals surface area (Å²) in [4.78, 5) is 0. The molecule has 1 rings (SSSR count). The first-order chi connectivity index (χ1) is 17.3. The second-order valence-corrected chi connectivity index (χ2v) is 37.2. The average molecular weight is 637 g/mol. The number of aliphatic hydroxyl groups is 1. The Bertz CT molecular complexity index is 831. The van der Waals surface area contributed by atoms with Crippen molar-refractivity contribution in [2.75, 3.05) is 6.61 Å². The summed E-state index contributed by atoms with van der Waals surface area (Å²) in [6, 6.07) is 0. The molecule has 1 aliphatic rings. The third kappa shape index (κ3) is 8.85. The summed E-state index contributed by atoms with van der Waals surface area (Å²) >= 11 is 0. The normalized spacial score (nSPS) is 26.8. The van der Waals surface area contributed by atoms with Gasteiger partial charge in [0.1, 0.15) is 24.4 Å². The minimum Gasteiger partial charge on any atom is -0.408 e. The highest BCUT2D eigenvalue weighted by atomic mass is 28.4. The van der Waals surface area contributed by atoms with E-state index in [1.54, 1.807) is 0 Å². The van der Waals surface area contributed by atoms with Crippen molar-refractivity contribution in [1.29, 1.82) is 0 Å². The van der Waals surface area contributed by atoms with Gasteiger partial charge in [-0.3, -0.25) is 0 Å². The maximum Gasteiger partial charge on any atom is 0.195 e. The van der Waals surface area contributed by atoms with Crippen molar-refractivity contribution in [2.24, 2.45) is 0 Å². The van der Waals surface area contributed by atoms with Crippen LogP contribution in [0.15, 0.2) is 0 Å². The molecule has 40 heavy (non-hydrogen) atoms. The van der Waals surface area contributed by atoms with E-state index < -0.39 is 64.0 Å². The van der Waals surface area contributed by atoms with Crippen LogP contribution in [-0.2, 0) is 22.4 Å². The Hall–Kier alpha value is 0.628. The summed E-state index contributed by atoms with van der Waals surface area (Å²) in [7, 11) is -9.13. The van der Waals surface area contributed by atoms with E-state index in [-0.39, 0.29) is 26.8 Å². The fourth-order valence-electron chi connectivity index (χ4n) is 3.54. The van der Waals surface area contributed by atoms with Crippen LogP contribution in [0, 0.1) is 0 Å². The van der Waals surface area contributed by atoms with Crippen molar-refractivity contribution in [3.8, 4) is 0 Å². The van der Waals surface area contributed by atoms with Gasteiger partial charge < -0.3 is 27.5 Å². The minimum absolute atomic E-state index is 0.0142. The first-order valence-corrected chi connectivity index (χ1v) is 26.9. The summed E-state index contributed by atoms with van der Waals surface area (Å²) in [5.74, 6) is 0. The number of hydrogen-bond donors (Lipinski definition) is 1. The molecule has 0 aliphatic carbocycles. The zero-order valence-electron chi connectivity index (χ0n) is 30.1. The van der Waals surface area contributed by atoms with Crippen molar-refractivity contribution >= 4 is 33.3 Å². The van der Waals surface area contributed by atoms with Crippen LogP contribution in [0.5, 0.6) is 0 Å². The molecule has 1 fully saturated rings. The van der Waals surface area contributed by atoms with Crippen LogP contribution in [0.2, 0.25) is 72.5 Å². The second-order valence-electron chi connectivity index (χ2n) is 18.1. The van der Waals surface area contributed by atoms with Crippen LogP contribution in [0.3, 0.4) is 0 Å². The van der Waals surface area contributed by atoms with E-state index >= 15 is 0 Å². The molecule has 1 heterocycles. The van der Waals surface area contributed by atoms with Gasteiger partial charge in [0, 0.05) is 0 Å². The molecule has 0 spiro atoms. The molecule has 0 saturated carbocycles. The Morgan fingerprint density at radius 2 is 0.750 bits per heavy atom. The van der Waals surface area contributed by atoms with Crippen LogP contribution in [0.1, 0.15) is 83.1 Å². The van der Waals surface area contributed by atoms with E-state index in [4.69, 9.17) is 22.4 Å². The fourth-order valence-corrected chi connectivity index (χ4v) is 8.57. The Morgan fingerprint density at radius 3 is 1.05 bits per heavy atom. The van der Waals surface area contributed by atoms with Crippen LogP contribution in [0.25, 0.3) is 0 Å². The Morgan fingerprint density at radius 1 is 0.475 bits per heavy atom. The highest BCUT2D eigenvalue weighted by molar-refractivity contribution is 6.75. The van der Waals surface area contributed by atoms with E-state index in [0.29, 0.717) is 0 Å². The molecule has 10 heteroatoms. The topological polar surface area (TPSA) is 66.4 Å². The monoisotopic (exact) mass is 636 g/mol. The van der Waals surface area contributed by atoms with Crippen molar-refractivity contribution < 1.29 is 27.5 Å². The van der Waals surface area contributed by atoms with Gasteiger partial charge >= 0.3 is 0 Å². The molecular formula is C30H68O6Si4. The zero-order valence-corrected chi connectivity index (χ0v) is 34.1. The Balaban J connectivity index is 3.92. The highest BCUT2D eigenvalue weighted by Crippen LogP contribution is 2.47. The maximum atomic E-state index is 10.8. The first-order valence-electron chi connectivity index (χ1n) is 15.3. The molecule has 0 bridgehead atoms. The molecule has 1 aliphatic heterocycles. The molecule has 240 valence electrons. The van der Waals surface area contributed by atoms with Crippen LogP contribution >= 0.6 is 0 Å². The van der Waals surface area contributed by atoms with Crippen molar-refractivity contribution in [1.82, 2.24) is 0 Å². The van der Waals surface area contributed by atoms with Gasteiger partial charge in [-0.15, -0.1) is 0 Å². The van der Waals surface area contributed by atoms with Crippen LogP contribution in [0.4, 0.5) is 0 Å². The predicted octanol–water partition coefficient (Wildman–Crippen LogP) is 8.90. The van der Waals surface area contributed by atoms with Gasteiger partial charge in [-0.25, -0.2) is 0 Å². The summed E-state index contributed by atoms with van der Waals surface area (Å²) in [6.45, 7) is 45.0. The van der Waals surface area contributed by atoms with Gasteiger partial charge in [0.15, 0.2) is 39.6 Å². The number of hydrogen-bond acceptors (Lipinski definition) is 6. The third-order valence-electron chi connectivity index (χ3n) is 10.7. The molecule has 0 aromatic carbocycles. The summed E-state index contributed by atoms with van der Waals surface area (Å²) < 4.78 is 35.5. The van der Waals surface area contributed by atoms with Crippen LogP contribution in [-0.4, -0.2) is 75.7 Å². The molecule has 0 radical (unpaired) electrons. The average Bonchev–Trinajstić information content (AvgIpc) is 2.68. The first kappa shape index (κ1) is 38.7. The SMILES string of the molecule is CC(C)(C)[Si](C)(C)OC1O[C@H](CO)[C@H](O[Si](C)(C)C(C)(C)C)[C@H](O[Si](C)(C)C(C)(C)C)[C@H]1O[Si](C)(C)C(C)(C)C. The zero-order chi connectivity index (χ0) is 32.1. The summed E-state index contributed by atoms with van der Waals surface area (Å²) in [6.07, 6.45) is -2.58. The summed E-state index contributed by atoms with van der Waals surface area (Å²) in [5.41, 5.74) is 0. The standard InChI is InChI=1S/C30H68O6Si4/c1-27(2,3)37(13,14)33-23-22(21-31)32-26(36-40(19,20)30(10,11)12)25(35-39(17,18)29(7,8)9)24(23)34-38(15,16)28(4,5)6/h22-26,31H,21H2,1-20H3/t22-,23+,24+,25-,26?/m1/s1. The molecule has 0 amide bonds. The smallest absolute Gasteiger partial charge is 0.195 e. The Kier molecular flexibility index (Phi) is 11.8. The summed E-state index contributed by atoms with van der Waals surface area (Å²) in [5, 5.41) is 10.7. The second kappa shape index (κ2) is 12.2. The molecule has 0 aromatic heterocycles. The maximum absolute atomic E-state index is 10.8. The molecule has 0 aromatic rings. The van der Waals surface area contributed by atoms with E-state index in [2.05, 4.69) is 135 Å². The van der Waals surface area contributed by atoms with Gasteiger partial charge in [0.05, 0.1) is 6.61 Å². The largest absolute Gasteiger partial charge is 0.408 e. The fraction of sp³-hybridized carbons (Fsp3) is 1.00. The number of aliphatic hydroxyl groups excluding tert-OH is 1.